The zero-order valence-corrected chi connectivity index (χ0v) is 22.5. The van der Waals surface area contributed by atoms with Crippen LogP contribution in [0.2, 0.25) is 10.0 Å². The van der Waals surface area contributed by atoms with Crippen LogP contribution < -0.4 is 15.0 Å². The lowest BCUT2D eigenvalue weighted by molar-refractivity contribution is -0.117. The summed E-state index contributed by atoms with van der Waals surface area (Å²) in [6.07, 6.45) is 0.319. The van der Waals surface area contributed by atoms with Crippen LogP contribution in [0.15, 0.2) is 77.3 Å². The van der Waals surface area contributed by atoms with E-state index in [0.29, 0.717) is 40.2 Å². The van der Waals surface area contributed by atoms with Gasteiger partial charge in [0, 0.05) is 21.4 Å². The van der Waals surface area contributed by atoms with E-state index in [0.717, 1.165) is 11.1 Å². The van der Waals surface area contributed by atoms with Crippen LogP contribution in [0.25, 0.3) is 0 Å². The van der Waals surface area contributed by atoms with Gasteiger partial charge >= 0.3 is 0 Å². The van der Waals surface area contributed by atoms with Crippen LogP contribution in [0.5, 0.6) is 5.75 Å². The first-order valence-electron chi connectivity index (χ1n) is 11.5. The maximum absolute atomic E-state index is 13.7. The lowest BCUT2D eigenvalue weighted by atomic mass is 10.1. The Morgan fingerprint density at radius 3 is 2.32 bits per heavy atom. The topological polar surface area (TPSA) is 82.4 Å². The minimum Gasteiger partial charge on any atom is -0.494 e. The quantitative estimate of drug-likeness (QED) is 0.259. The standard InChI is InChI=1S/C28H23Cl2N3O3S/c1-3-36-23-10-8-22(9-11-23)33-27(35)25(14-18-12-19(29)15-20(30)13-18)37-28(33)24(16-31)26(34)32-21-6-4-17(2)5-7-21/h4-13,15,25H,3,14H2,1-2H3,(H,32,34)/b28-24-. The molecule has 0 spiro atoms. The number of nitrogens with one attached hydrogen (secondary N) is 1. The molecule has 1 fully saturated rings. The van der Waals surface area contributed by atoms with Crippen LogP contribution >= 0.6 is 35.0 Å². The van der Waals surface area contributed by atoms with Gasteiger partial charge in [0.05, 0.1) is 11.9 Å². The van der Waals surface area contributed by atoms with Crippen molar-refractivity contribution in [1.29, 1.82) is 5.26 Å². The first-order valence-corrected chi connectivity index (χ1v) is 13.1. The Morgan fingerprint density at radius 2 is 1.73 bits per heavy atom. The predicted octanol–water partition coefficient (Wildman–Crippen LogP) is 6.77. The molecule has 0 bridgehead atoms. The van der Waals surface area contributed by atoms with E-state index >= 15 is 0 Å². The zero-order valence-electron chi connectivity index (χ0n) is 20.1. The monoisotopic (exact) mass is 551 g/mol. The Bertz CT molecular complexity index is 1380. The van der Waals surface area contributed by atoms with E-state index in [-0.39, 0.29) is 16.5 Å². The van der Waals surface area contributed by atoms with Gasteiger partial charge in [-0.05, 0) is 80.4 Å². The number of nitrogens with zero attached hydrogens (tertiary/aromatic N) is 2. The summed E-state index contributed by atoms with van der Waals surface area (Å²) in [6.45, 7) is 4.33. The number of nitriles is 1. The van der Waals surface area contributed by atoms with Gasteiger partial charge in [-0.15, -0.1) is 0 Å². The number of aryl methyl sites for hydroxylation is 1. The molecule has 6 nitrogen and oxygen atoms in total. The number of anilines is 2. The van der Waals surface area contributed by atoms with Crippen molar-refractivity contribution >= 4 is 58.2 Å². The Hall–Kier alpha value is -3.44. The predicted molar refractivity (Wildman–Crippen MR) is 149 cm³/mol. The number of hydrogen-bond acceptors (Lipinski definition) is 5. The molecule has 1 heterocycles. The van der Waals surface area contributed by atoms with E-state index in [2.05, 4.69) is 5.32 Å². The fraction of sp³-hybridized carbons (Fsp3) is 0.179. The first kappa shape index (κ1) is 26.6. The van der Waals surface area contributed by atoms with Crippen LogP contribution in [0.4, 0.5) is 11.4 Å². The second-order valence-corrected chi connectivity index (χ2v) is 10.4. The van der Waals surface area contributed by atoms with Gasteiger partial charge in [-0.2, -0.15) is 5.26 Å². The number of ether oxygens (including phenoxy) is 1. The van der Waals surface area contributed by atoms with Crippen molar-refractivity contribution in [2.75, 3.05) is 16.8 Å². The first-order chi connectivity index (χ1) is 17.8. The van der Waals surface area contributed by atoms with Crippen molar-refractivity contribution in [3.63, 3.8) is 0 Å². The molecule has 0 aliphatic carbocycles. The van der Waals surface area contributed by atoms with E-state index in [1.54, 1.807) is 54.6 Å². The molecule has 4 rings (SSSR count). The van der Waals surface area contributed by atoms with E-state index in [4.69, 9.17) is 27.9 Å². The second-order valence-electron chi connectivity index (χ2n) is 8.30. The van der Waals surface area contributed by atoms with E-state index in [1.807, 2.05) is 32.0 Å². The normalized spacial score (nSPS) is 16.4. The van der Waals surface area contributed by atoms with Crippen LogP contribution in [0.3, 0.4) is 0 Å². The summed E-state index contributed by atoms with van der Waals surface area (Å²) in [5.41, 5.74) is 2.74. The number of carbonyl (C=O) groups is 2. The minimum absolute atomic E-state index is 0.153. The van der Waals surface area contributed by atoms with Crippen molar-refractivity contribution in [2.45, 2.75) is 25.5 Å². The Kier molecular flexibility index (Phi) is 8.45. The molecule has 1 aliphatic heterocycles. The van der Waals surface area contributed by atoms with Crippen LogP contribution in [0.1, 0.15) is 18.1 Å². The molecule has 1 unspecified atom stereocenters. The molecular weight excluding hydrogens is 529 g/mol. The van der Waals surface area contributed by atoms with Gasteiger partial charge in [0.25, 0.3) is 5.91 Å². The lowest BCUT2D eigenvalue weighted by Crippen LogP contribution is -2.30. The molecule has 1 N–H and O–H groups in total. The van der Waals surface area contributed by atoms with Gasteiger partial charge < -0.3 is 10.1 Å². The average molecular weight is 552 g/mol. The van der Waals surface area contributed by atoms with Crippen molar-refractivity contribution in [2.24, 2.45) is 0 Å². The molecule has 0 radical (unpaired) electrons. The van der Waals surface area contributed by atoms with Gasteiger partial charge in [0.1, 0.15) is 22.4 Å². The molecule has 1 aliphatic rings. The third-order valence-electron chi connectivity index (χ3n) is 5.56. The van der Waals surface area contributed by atoms with Crippen LogP contribution in [0, 0.1) is 18.3 Å². The Balaban J connectivity index is 1.72. The molecule has 3 aromatic carbocycles. The molecule has 1 atom stereocenters. The summed E-state index contributed by atoms with van der Waals surface area (Å²) in [6, 6.07) is 21.3. The Labute approximate surface area is 229 Å². The molecule has 3 aromatic rings. The number of thioether (sulfide) groups is 1. The summed E-state index contributed by atoms with van der Waals surface area (Å²) in [5, 5.41) is 13.4. The number of halogens is 2. The number of amides is 2. The molecule has 2 amide bonds. The maximum atomic E-state index is 13.7. The highest BCUT2D eigenvalue weighted by Crippen LogP contribution is 2.42. The molecule has 9 heteroatoms. The number of rotatable bonds is 7. The van der Waals surface area contributed by atoms with Crippen molar-refractivity contribution in [1.82, 2.24) is 0 Å². The van der Waals surface area contributed by atoms with Crippen molar-refractivity contribution < 1.29 is 14.3 Å². The third kappa shape index (κ3) is 6.28. The van der Waals surface area contributed by atoms with Crippen molar-refractivity contribution in [3.05, 3.63) is 98.5 Å². The summed E-state index contributed by atoms with van der Waals surface area (Å²) < 4.78 is 5.52. The summed E-state index contributed by atoms with van der Waals surface area (Å²) in [7, 11) is 0. The lowest BCUT2D eigenvalue weighted by Gasteiger charge is -2.19. The average Bonchev–Trinajstić information content (AvgIpc) is 3.16. The number of hydrogen-bond donors (Lipinski definition) is 1. The van der Waals surface area contributed by atoms with Gasteiger partial charge in [-0.1, -0.05) is 52.7 Å². The molecule has 188 valence electrons. The Morgan fingerprint density at radius 1 is 1.08 bits per heavy atom. The third-order valence-corrected chi connectivity index (χ3v) is 7.26. The molecule has 1 saturated heterocycles. The molecule has 37 heavy (non-hydrogen) atoms. The van der Waals surface area contributed by atoms with Gasteiger partial charge in [0.2, 0.25) is 5.91 Å². The number of benzene rings is 3. The number of carbonyl (C=O) groups excluding carboxylic acids is 2. The fourth-order valence-electron chi connectivity index (χ4n) is 3.85. The largest absolute Gasteiger partial charge is 0.494 e. The summed E-state index contributed by atoms with van der Waals surface area (Å²) in [5.74, 6) is -0.195. The minimum atomic E-state index is -0.593. The van der Waals surface area contributed by atoms with Gasteiger partial charge in [-0.25, -0.2) is 0 Å². The zero-order chi connectivity index (χ0) is 26.5. The van der Waals surface area contributed by atoms with Gasteiger partial charge in [-0.3, -0.25) is 14.5 Å². The SMILES string of the molecule is CCOc1ccc(N2C(=O)C(Cc3cc(Cl)cc(Cl)c3)S/C2=C(/C#N)C(=O)Nc2ccc(C)cc2)cc1. The second kappa shape index (κ2) is 11.7. The smallest absolute Gasteiger partial charge is 0.269 e. The van der Waals surface area contributed by atoms with E-state index in [1.165, 1.54) is 16.7 Å². The van der Waals surface area contributed by atoms with Crippen LogP contribution in [-0.4, -0.2) is 23.7 Å². The fourth-order valence-corrected chi connectivity index (χ4v) is 5.73. The van der Waals surface area contributed by atoms with E-state index in [9.17, 15) is 14.9 Å². The molecular formula is C28H23Cl2N3O3S. The highest BCUT2D eigenvalue weighted by Gasteiger charge is 2.41. The molecule has 0 saturated carbocycles. The highest BCUT2D eigenvalue weighted by molar-refractivity contribution is 8.05. The summed E-state index contributed by atoms with van der Waals surface area (Å²) >= 11 is 13.5. The maximum Gasteiger partial charge on any atom is 0.269 e. The van der Waals surface area contributed by atoms with Crippen LogP contribution in [-0.2, 0) is 16.0 Å². The highest BCUT2D eigenvalue weighted by atomic mass is 35.5. The van der Waals surface area contributed by atoms with E-state index < -0.39 is 11.2 Å². The molecule has 0 aromatic heterocycles. The van der Waals surface area contributed by atoms with Gasteiger partial charge in [0.15, 0.2) is 0 Å². The summed E-state index contributed by atoms with van der Waals surface area (Å²) in [4.78, 5) is 28.3. The van der Waals surface area contributed by atoms with Crippen molar-refractivity contribution in [3.8, 4) is 11.8 Å².